The van der Waals surface area contributed by atoms with Crippen LogP contribution in [0.4, 0.5) is 11.4 Å². The molecule has 0 aliphatic carbocycles. The standard InChI is InChI=1S/C26H37N3O6S/c1-8-28(9-2)22-14-13-20(36(31,32)29(10-3)11-4)18-21(22)27-25(30)15-12-19-16-23(33-5)26(35-7)24(17-19)34-6/h12-18H,8-11H2,1-7H3,(H,27,30)/b15-12+. The van der Waals surface area contributed by atoms with Crippen LogP contribution in [0, 0.1) is 0 Å². The molecule has 0 aliphatic heterocycles. The van der Waals surface area contributed by atoms with Gasteiger partial charge in [-0.2, -0.15) is 4.31 Å². The van der Waals surface area contributed by atoms with Gasteiger partial charge in [0.25, 0.3) is 0 Å². The highest BCUT2D eigenvalue weighted by molar-refractivity contribution is 7.89. The molecule has 1 N–H and O–H groups in total. The van der Waals surface area contributed by atoms with Crippen molar-refractivity contribution < 1.29 is 27.4 Å². The quantitative estimate of drug-likeness (QED) is 0.395. The molecule has 0 unspecified atom stereocenters. The van der Waals surface area contributed by atoms with E-state index in [1.165, 1.54) is 37.8 Å². The van der Waals surface area contributed by atoms with Crippen LogP contribution in [0.15, 0.2) is 41.3 Å². The first-order valence-corrected chi connectivity index (χ1v) is 13.3. The Bertz CT molecular complexity index is 1150. The highest BCUT2D eigenvalue weighted by atomic mass is 32.2. The molecule has 36 heavy (non-hydrogen) atoms. The van der Waals surface area contributed by atoms with Gasteiger partial charge in [-0.3, -0.25) is 4.79 Å². The topological polar surface area (TPSA) is 97.4 Å². The van der Waals surface area contributed by atoms with Crippen LogP contribution < -0.4 is 24.4 Å². The summed E-state index contributed by atoms with van der Waals surface area (Å²) in [5.41, 5.74) is 1.83. The first-order chi connectivity index (χ1) is 17.2. The van der Waals surface area contributed by atoms with E-state index in [0.29, 0.717) is 54.7 Å². The van der Waals surface area contributed by atoms with Crippen molar-refractivity contribution >= 4 is 33.4 Å². The highest BCUT2D eigenvalue weighted by Gasteiger charge is 2.23. The van der Waals surface area contributed by atoms with Gasteiger partial charge in [-0.15, -0.1) is 0 Å². The fourth-order valence-electron chi connectivity index (χ4n) is 3.87. The minimum Gasteiger partial charge on any atom is -0.493 e. The van der Waals surface area contributed by atoms with Crippen LogP contribution in [0.3, 0.4) is 0 Å². The Balaban J connectivity index is 2.44. The Morgan fingerprint density at radius 3 is 1.94 bits per heavy atom. The molecule has 0 saturated carbocycles. The summed E-state index contributed by atoms with van der Waals surface area (Å²) in [6, 6.07) is 8.30. The van der Waals surface area contributed by atoms with Gasteiger partial charge in [0.15, 0.2) is 11.5 Å². The SMILES string of the molecule is CCN(CC)c1ccc(S(=O)(=O)N(CC)CC)cc1NC(=O)/C=C/c1cc(OC)c(OC)c(OC)c1. The minimum absolute atomic E-state index is 0.131. The molecule has 0 aliphatic rings. The third-order valence-corrected chi connectivity index (χ3v) is 7.83. The van der Waals surface area contributed by atoms with Crippen molar-refractivity contribution in [3.05, 3.63) is 42.0 Å². The lowest BCUT2D eigenvalue weighted by molar-refractivity contribution is -0.111. The zero-order valence-corrected chi connectivity index (χ0v) is 22.9. The summed E-state index contributed by atoms with van der Waals surface area (Å²) >= 11 is 0. The number of nitrogens with one attached hydrogen (secondary N) is 1. The number of carbonyl (C=O) groups excluding carboxylic acids is 1. The fourth-order valence-corrected chi connectivity index (χ4v) is 5.36. The van der Waals surface area contributed by atoms with E-state index in [9.17, 15) is 13.2 Å². The predicted octanol–water partition coefficient (Wildman–Crippen LogP) is 4.24. The molecule has 0 atom stereocenters. The molecule has 0 aromatic heterocycles. The largest absolute Gasteiger partial charge is 0.493 e. The summed E-state index contributed by atoms with van der Waals surface area (Å²) in [5, 5.41) is 2.86. The molecular formula is C26H37N3O6S. The van der Waals surface area contributed by atoms with Crippen LogP contribution in [-0.2, 0) is 14.8 Å². The van der Waals surface area contributed by atoms with Gasteiger partial charge in [0, 0.05) is 32.3 Å². The van der Waals surface area contributed by atoms with E-state index in [-0.39, 0.29) is 4.90 Å². The van der Waals surface area contributed by atoms with Crippen LogP contribution in [0.5, 0.6) is 17.2 Å². The van der Waals surface area contributed by atoms with Crippen molar-refractivity contribution in [1.29, 1.82) is 0 Å². The first kappa shape index (κ1) is 29.0. The van der Waals surface area contributed by atoms with E-state index in [0.717, 1.165) is 5.69 Å². The molecule has 1 amide bonds. The number of benzene rings is 2. The molecule has 0 radical (unpaired) electrons. The zero-order chi connectivity index (χ0) is 26.9. The number of ether oxygens (including phenoxy) is 3. The normalized spacial score (nSPS) is 11.6. The third kappa shape index (κ3) is 6.50. The van der Waals surface area contributed by atoms with E-state index < -0.39 is 15.9 Å². The second kappa shape index (κ2) is 13.2. The summed E-state index contributed by atoms with van der Waals surface area (Å²) in [6.07, 6.45) is 2.99. The molecule has 2 rings (SSSR count). The van der Waals surface area contributed by atoms with E-state index in [2.05, 4.69) is 5.32 Å². The summed E-state index contributed by atoms with van der Waals surface area (Å²) in [6.45, 7) is 9.70. The molecule has 2 aromatic carbocycles. The van der Waals surface area contributed by atoms with Gasteiger partial charge >= 0.3 is 0 Å². The van der Waals surface area contributed by atoms with Gasteiger partial charge in [0.1, 0.15) is 0 Å². The van der Waals surface area contributed by atoms with Gasteiger partial charge in [-0.25, -0.2) is 8.42 Å². The van der Waals surface area contributed by atoms with Gasteiger partial charge in [0.2, 0.25) is 21.7 Å². The Morgan fingerprint density at radius 2 is 1.47 bits per heavy atom. The Labute approximate surface area is 214 Å². The number of rotatable bonds is 13. The minimum atomic E-state index is -3.69. The number of carbonyl (C=O) groups is 1. The third-order valence-electron chi connectivity index (χ3n) is 5.79. The summed E-state index contributed by atoms with van der Waals surface area (Å²) in [7, 11) is 0.871. The summed E-state index contributed by atoms with van der Waals surface area (Å²) < 4.78 is 43.6. The van der Waals surface area contributed by atoms with Crippen molar-refractivity contribution in [2.24, 2.45) is 0 Å². The maximum atomic E-state index is 13.1. The molecule has 9 nitrogen and oxygen atoms in total. The van der Waals surface area contributed by atoms with Crippen molar-refractivity contribution in [2.75, 3.05) is 57.7 Å². The summed E-state index contributed by atoms with van der Waals surface area (Å²) in [5.74, 6) is 0.983. The van der Waals surface area contributed by atoms with Crippen molar-refractivity contribution in [3.8, 4) is 17.2 Å². The number of methoxy groups -OCH3 is 3. The van der Waals surface area contributed by atoms with Crippen molar-refractivity contribution in [2.45, 2.75) is 32.6 Å². The predicted molar refractivity (Wildman–Crippen MR) is 144 cm³/mol. The maximum absolute atomic E-state index is 13.1. The lowest BCUT2D eigenvalue weighted by atomic mass is 10.1. The number of nitrogens with zero attached hydrogens (tertiary/aromatic N) is 2. The average molecular weight is 520 g/mol. The van der Waals surface area contributed by atoms with Gasteiger partial charge in [-0.05, 0) is 55.8 Å². The van der Waals surface area contributed by atoms with Crippen LogP contribution in [0.2, 0.25) is 0 Å². The number of hydrogen-bond acceptors (Lipinski definition) is 7. The van der Waals surface area contributed by atoms with Gasteiger partial charge < -0.3 is 24.4 Å². The fraction of sp³-hybridized carbons (Fsp3) is 0.423. The van der Waals surface area contributed by atoms with Crippen LogP contribution in [-0.4, -0.2) is 66.1 Å². The van der Waals surface area contributed by atoms with Crippen LogP contribution in [0.25, 0.3) is 6.08 Å². The number of sulfonamides is 1. The smallest absolute Gasteiger partial charge is 0.248 e. The Hall–Kier alpha value is -3.24. The second-order valence-electron chi connectivity index (χ2n) is 7.72. The molecule has 0 saturated heterocycles. The molecule has 198 valence electrons. The molecule has 0 spiro atoms. The van der Waals surface area contributed by atoms with Crippen LogP contribution >= 0.6 is 0 Å². The Morgan fingerprint density at radius 1 is 0.889 bits per heavy atom. The van der Waals surface area contributed by atoms with Gasteiger partial charge in [-0.1, -0.05) is 13.8 Å². The molecule has 2 aromatic rings. The molecule has 10 heteroatoms. The lowest BCUT2D eigenvalue weighted by Gasteiger charge is -2.25. The lowest BCUT2D eigenvalue weighted by Crippen LogP contribution is -2.31. The first-order valence-electron chi connectivity index (χ1n) is 11.9. The average Bonchev–Trinajstić information content (AvgIpc) is 2.88. The molecule has 0 bridgehead atoms. The number of anilines is 2. The second-order valence-corrected chi connectivity index (χ2v) is 9.66. The molecular weight excluding hydrogens is 482 g/mol. The monoisotopic (exact) mass is 519 g/mol. The highest BCUT2D eigenvalue weighted by Crippen LogP contribution is 2.38. The zero-order valence-electron chi connectivity index (χ0n) is 22.1. The number of hydrogen-bond donors (Lipinski definition) is 1. The van der Waals surface area contributed by atoms with Crippen LogP contribution in [0.1, 0.15) is 33.3 Å². The van der Waals surface area contributed by atoms with Gasteiger partial charge in [0.05, 0.1) is 37.6 Å². The van der Waals surface area contributed by atoms with Crippen molar-refractivity contribution in [3.63, 3.8) is 0 Å². The Kier molecular flexibility index (Phi) is 10.6. The molecule has 0 heterocycles. The van der Waals surface area contributed by atoms with E-state index in [4.69, 9.17) is 14.2 Å². The molecule has 0 fully saturated rings. The van der Waals surface area contributed by atoms with Crippen molar-refractivity contribution in [1.82, 2.24) is 4.31 Å². The number of amides is 1. The summed E-state index contributed by atoms with van der Waals surface area (Å²) in [4.78, 5) is 15.1. The maximum Gasteiger partial charge on any atom is 0.248 e. The van der Waals surface area contributed by atoms with E-state index >= 15 is 0 Å². The van der Waals surface area contributed by atoms with E-state index in [1.807, 2.05) is 18.7 Å². The van der Waals surface area contributed by atoms with E-state index in [1.54, 1.807) is 44.2 Å².